The molecule has 1 atom stereocenters. The summed E-state index contributed by atoms with van der Waals surface area (Å²) in [7, 11) is -4.03. The third-order valence-corrected chi connectivity index (χ3v) is 7.73. The average molecular weight is 455 g/mol. The van der Waals surface area contributed by atoms with Crippen LogP contribution < -0.4 is 18.5 Å². The monoisotopic (exact) mass is 454 g/mol. The number of rotatable bonds is 8. The summed E-state index contributed by atoms with van der Waals surface area (Å²) in [6, 6.07) is 9.63. The summed E-state index contributed by atoms with van der Waals surface area (Å²) in [4.78, 5) is 0.121. The van der Waals surface area contributed by atoms with Crippen LogP contribution in [-0.4, -0.2) is 49.9 Å². The van der Waals surface area contributed by atoms with Gasteiger partial charge in [-0.3, -0.25) is 4.31 Å². The first-order chi connectivity index (χ1) is 14.0. The number of anilines is 1. The van der Waals surface area contributed by atoms with Crippen LogP contribution >= 0.6 is 0 Å². The minimum atomic E-state index is -3.76. The van der Waals surface area contributed by atoms with Gasteiger partial charge in [0, 0.05) is 12.6 Å². The first-order valence-corrected chi connectivity index (χ1v) is 12.7. The normalized spacial score (nSPS) is 15.0. The molecular weight excluding hydrogens is 428 g/mol. The zero-order valence-electron chi connectivity index (χ0n) is 17.4. The molecule has 1 N–H and O–H groups in total. The highest BCUT2D eigenvalue weighted by Gasteiger charge is 2.28. The molecule has 0 radical (unpaired) electrons. The standard InChI is InChI=1S/C20H26N2O6S2/c1-14(11-15-5-8-19(27-2)20(12-15)28-3)21-30(25,26)17-6-7-18-16(13-17)9-10-22(18)29(4,23)24/h5-8,12-14,21H,9-11H2,1-4H3/t14-/m1/s1. The summed E-state index contributed by atoms with van der Waals surface area (Å²) in [6.45, 7) is 2.10. The van der Waals surface area contributed by atoms with Gasteiger partial charge >= 0.3 is 0 Å². The van der Waals surface area contributed by atoms with Crippen LogP contribution in [0, 0.1) is 0 Å². The molecule has 1 heterocycles. The molecule has 0 saturated heterocycles. The molecule has 164 valence electrons. The molecule has 2 aromatic rings. The number of sulfonamides is 2. The van der Waals surface area contributed by atoms with Gasteiger partial charge in [0.25, 0.3) is 0 Å². The van der Waals surface area contributed by atoms with Crippen LogP contribution in [0.2, 0.25) is 0 Å². The van der Waals surface area contributed by atoms with Crippen LogP contribution in [0.5, 0.6) is 11.5 Å². The zero-order chi connectivity index (χ0) is 22.1. The number of methoxy groups -OCH3 is 2. The highest BCUT2D eigenvalue weighted by Crippen LogP contribution is 2.32. The molecule has 0 spiro atoms. The molecule has 0 aliphatic carbocycles. The van der Waals surface area contributed by atoms with E-state index in [2.05, 4.69) is 4.72 Å². The van der Waals surface area contributed by atoms with E-state index in [1.54, 1.807) is 39.3 Å². The van der Waals surface area contributed by atoms with E-state index in [9.17, 15) is 16.8 Å². The Morgan fingerprint density at radius 1 is 1.03 bits per heavy atom. The van der Waals surface area contributed by atoms with E-state index in [0.717, 1.165) is 11.8 Å². The fourth-order valence-electron chi connectivity index (χ4n) is 3.60. The third kappa shape index (κ3) is 4.71. The Morgan fingerprint density at radius 3 is 2.37 bits per heavy atom. The van der Waals surface area contributed by atoms with E-state index >= 15 is 0 Å². The number of nitrogens with zero attached hydrogens (tertiary/aromatic N) is 1. The Bertz CT molecular complexity index is 1150. The summed E-state index contributed by atoms with van der Waals surface area (Å²) in [5.41, 5.74) is 2.14. The number of fused-ring (bicyclic) bond motifs is 1. The second kappa shape index (κ2) is 8.44. The Hall–Kier alpha value is -2.30. The van der Waals surface area contributed by atoms with Gasteiger partial charge in [-0.15, -0.1) is 0 Å². The highest BCUT2D eigenvalue weighted by molar-refractivity contribution is 7.92. The van der Waals surface area contributed by atoms with Gasteiger partial charge < -0.3 is 9.47 Å². The second-order valence-corrected chi connectivity index (χ2v) is 10.9. The van der Waals surface area contributed by atoms with Crippen molar-refractivity contribution in [2.24, 2.45) is 0 Å². The van der Waals surface area contributed by atoms with Gasteiger partial charge in [-0.1, -0.05) is 6.07 Å². The van der Waals surface area contributed by atoms with E-state index in [1.807, 2.05) is 12.1 Å². The summed E-state index contributed by atoms with van der Waals surface area (Å²) in [5, 5.41) is 0. The van der Waals surface area contributed by atoms with Crippen molar-refractivity contribution in [1.82, 2.24) is 4.72 Å². The summed E-state index contributed by atoms with van der Waals surface area (Å²) in [6.07, 6.45) is 2.09. The van der Waals surface area contributed by atoms with Crippen molar-refractivity contribution >= 4 is 25.7 Å². The number of hydrogen-bond donors (Lipinski definition) is 1. The molecule has 1 aliphatic rings. The lowest BCUT2D eigenvalue weighted by molar-refractivity contribution is 0.354. The van der Waals surface area contributed by atoms with Crippen molar-refractivity contribution < 1.29 is 26.3 Å². The Kier molecular flexibility index (Phi) is 6.30. The van der Waals surface area contributed by atoms with Gasteiger partial charge in [0.15, 0.2) is 11.5 Å². The maximum Gasteiger partial charge on any atom is 0.240 e. The van der Waals surface area contributed by atoms with E-state index in [-0.39, 0.29) is 10.9 Å². The molecule has 1 aliphatic heterocycles. The minimum Gasteiger partial charge on any atom is -0.493 e. The van der Waals surface area contributed by atoms with Crippen LogP contribution in [0.15, 0.2) is 41.3 Å². The molecule has 2 aromatic carbocycles. The van der Waals surface area contributed by atoms with Gasteiger partial charge in [0.1, 0.15) is 0 Å². The van der Waals surface area contributed by atoms with Gasteiger partial charge in [-0.25, -0.2) is 21.6 Å². The molecule has 8 nitrogen and oxygen atoms in total. The maximum atomic E-state index is 12.8. The van der Waals surface area contributed by atoms with Gasteiger partial charge in [0.05, 0.1) is 31.1 Å². The largest absolute Gasteiger partial charge is 0.493 e. The zero-order valence-corrected chi connectivity index (χ0v) is 19.0. The average Bonchev–Trinajstić information content (AvgIpc) is 3.11. The van der Waals surface area contributed by atoms with Crippen molar-refractivity contribution in [3.8, 4) is 11.5 Å². The molecule has 10 heteroatoms. The molecule has 0 saturated carbocycles. The highest BCUT2D eigenvalue weighted by atomic mass is 32.2. The van der Waals surface area contributed by atoms with Crippen molar-refractivity contribution in [3.05, 3.63) is 47.5 Å². The number of ether oxygens (including phenoxy) is 2. The molecule has 0 fully saturated rings. The van der Waals surface area contributed by atoms with Crippen LogP contribution in [0.25, 0.3) is 0 Å². The quantitative estimate of drug-likeness (QED) is 0.654. The molecule has 0 aromatic heterocycles. The fourth-order valence-corrected chi connectivity index (χ4v) is 5.85. The first kappa shape index (κ1) is 22.4. The van der Waals surface area contributed by atoms with Gasteiger partial charge in [-0.05, 0) is 61.2 Å². The smallest absolute Gasteiger partial charge is 0.240 e. The van der Waals surface area contributed by atoms with Crippen LogP contribution in [-0.2, 0) is 32.9 Å². The molecule has 30 heavy (non-hydrogen) atoms. The predicted octanol–water partition coefficient (Wildman–Crippen LogP) is 1.94. The molecule has 0 unspecified atom stereocenters. The fraction of sp³-hybridized carbons (Fsp3) is 0.400. The maximum absolute atomic E-state index is 12.8. The van der Waals surface area contributed by atoms with Crippen molar-refractivity contribution in [1.29, 1.82) is 0 Å². The molecular formula is C20H26N2O6S2. The van der Waals surface area contributed by atoms with E-state index < -0.39 is 20.0 Å². The summed E-state index contributed by atoms with van der Waals surface area (Å²) >= 11 is 0. The SMILES string of the molecule is COc1ccc(C[C@@H](C)NS(=O)(=O)c2ccc3c(c2)CCN3S(C)(=O)=O)cc1OC. The van der Waals surface area contributed by atoms with Crippen LogP contribution in [0.1, 0.15) is 18.1 Å². The summed E-state index contributed by atoms with van der Waals surface area (Å²) < 4.78 is 63.9. The number of nitrogens with one attached hydrogen (secondary N) is 1. The lowest BCUT2D eigenvalue weighted by Gasteiger charge is -2.18. The Balaban J connectivity index is 1.75. The van der Waals surface area contributed by atoms with Gasteiger partial charge in [-0.2, -0.15) is 0 Å². The third-order valence-electron chi connectivity index (χ3n) is 4.96. The van der Waals surface area contributed by atoms with Crippen molar-refractivity contribution in [2.75, 3.05) is 31.3 Å². The van der Waals surface area contributed by atoms with E-state index in [0.29, 0.717) is 42.1 Å². The number of hydrogen-bond acceptors (Lipinski definition) is 6. The molecule has 0 amide bonds. The Morgan fingerprint density at radius 2 is 1.73 bits per heavy atom. The molecule has 3 rings (SSSR count). The predicted molar refractivity (Wildman–Crippen MR) is 115 cm³/mol. The Labute approximate surface area is 177 Å². The van der Waals surface area contributed by atoms with Crippen LogP contribution in [0.4, 0.5) is 5.69 Å². The minimum absolute atomic E-state index is 0.121. The molecule has 0 bridgehead atoms. The van der Waals surface area contributed by atoms with Gasteiger partial charge in [0.2, 0.25) is 20.0 Å². The van der Waals surface area contributed by atoms with E-state index in [4.69, 9.17) is 9.47 Å². The first-order valence-electron chi connectivity index (χ1n) is 9.39. The van der Waals surface area contributed by atoms with Crippen LogP contribution in [0.3, 0.4) is 0 Å². The second-order valence-electron chi connectivity index (χ2n) is 7.29. The number of benzene rings is 2. The topological polar surface area (TPSA) is 102 Å². The lowest BCUT2D eigenvalue weighted by atomic mass is 10.1. The van der Waals surface area contributed by atoms with Crippen molar-refractivity contribution in [2.45, 2.75) is 30.7 Å². The van der Waals surface area contributed by atoms with E-state index in [1.165, 1.54) is 10.4 Å². The summed E-state index contributed by atoms with van der Waals surface area (Å²) in [5.74, 6) is 1.19. The van der Waals surface area contributed by atoms with Crippen molar-refractivity contribution in [3.63, 3.8) is 0 Å². The lowest BCUT2D eigenvalue weighted by Crippen LogP contribution is -2.34.